The molecule has 132 valence electrons. The van der Waals surface area contributed by atoms with E-state index in [4.69, 9.17) is 14.5 Å². The fourth-order valence-corrected chi connectivity index (χ4v) is 2.82. The highest BCUT2D eigenvalue weighted by Gasteiger charge is 2.31. The van der Waals surface area contributed by atoms with E-state index in [1.807, 2.05) is 75.4 Å². The zero-order valence-electron chi connectivity index (χ0n) is 14.9. The van der Waals surface area contributed by atoms with Crippen LogP contribution in [0.15, 0.2) is 54.6 Å². The van der Waals surface area contributed by atoms with Crippen molar-refractivity contribution in [1.82, 2.24) is 0 Å². The predicted molar refractivity (Wildman–Crippen MR) is 95.1 cm³/mol. The molecular weight excluding hydrogens is 316 g/mol. The van der Waals surface area contributed by atoms with Gasteiger partial charge in [0, 0.05) is 17.5 Å². The van der Waals surface area contributed by atoms with Gasteiger partial charge in [-0.1, -0.05) is 54.6 Å². The van der Waals surface area contributed by atoms with Crippen LogP contribution in [-0.2, 0) is 20.9 Å². The maximum atomic E-state index is 12.5. The van der Waals surface area contributed by atoms with Crippen molar-refractivity contribution in [3.8, 4) is 0 Å². The molecule has 2 aromatic carbocycles. The molecule has 2 atom stereocenters. The Morgan fingerprint density at radius 2 is 1.76 bits per heavy atom. The third kappa shape index (κ3) is 4.75. The highest BCUT2D eigenvalue weighted by molar-refractivity contribution is 5.96. The van der Waals surface area contributed by atoms with Crippen molar-refractivity contribution in [2.45, 2.75) is 51.6 Å². The third-order valence-electron chi connectivity index (χ3n) is 3.97. The first-order chi connectivity index (χ1) is 11.9. The Bertz CT molecular complexity index is 718. The molecule has 4 nitrogen and oxygen atoms in total. The quantitative estimate of drug-likeness (QED) is 0.452. The van der Waals surface area contributed by atoms with E-state index < -0.39 is 11.9 Å². The number of ether oxygens (including phenoxy) is 1. The molecule has 0 amide bonds. The van der Waals surface area contributed by atoms with Gasteiger partial charge in [-0.15, -0.1) is 0 Å². The Labute approximate surface area is 148 Å². The molecular formula is C21H24O4. The lowest BCUT2D eigenvalue weighted by molar-refractivity contribution is -0.427. The van der Waals surface area contributed by atoms with E-state index in [9.17, 15) is 4.79 Å². The number of fused-ring (bicyclic) bond motifs is 1. The summed E-state index contributed by atoms with van der Waals surface area (Å²) in [5.74, 6) is 0.0699. The molecule has 0 spiro atoms. The second kappa shape index (κ2) is 7.48. The van der Waals surface area contributed by atoms with Crippen molar-refractivity contribution < 1.29 is 19.3 Å². The number of hydrogen-bond acceptors (Lipinski definition) is 4. The summed E-state index contributed by atoms with van der Waals surface area (Å²) in [5.41, 5.74) is 2.34. The van der Waals surface area contributed by atoms with Gasteiger partial charge in [0.25, 0.3) is 0 Å². The van der Waals surface area contributed by atoms with Crippen molar-refractivity contribution >= 4 is 5.78 Å². The molecule has 0 radical (unpaired) electrons. The number of rotatable bonds is 5. The number of ketones is 1. The molecule has 0 fully saturated rings. The summed E-state index contributed by atoms with van der Waals surface area (Å²) in [5, 5.41) is 0. The van der Waals surface area contributed by atoms with Crippen LogP contribution < -0.4 is 0 Å². The molecule has 4 heteroatoms. The summed E-state index contributed by atoms with van der Waals surface area (Å²) in [6.45, 7) is 5.74. The van der Waals surface area contributed by atoms with E-state index in [-0.39, 0.29) is 11.9 Å². The molecule has 0 aromatic heterocycles. The van der Waals surface area contributed by atoms with Crippen molar-refractivity contribution in [1.29, 1.82) is 0 Å². The average Bonchev–Trinajstić information content (AvgIpc) is 2.59. The molecule has 0 unspecified atom stereocenters. The summed E-state index contributed by atoms with van der Waals surface area (Å²) in [7, 11) is 0. The maximum Gasteiger partial charge on any atom is 0.217 e. The highest BCUT2D eigenvalue weighted by Crippen LogP contribution is 2.33. The topological polar surface area (TPSA) is 44.8 Å². The smallest absolute Gasteiger partial charge is 0.217 e. The molecule has 0 saturated heterocycles. The zero-order chi connectivity index (χ0) is 17.9. The summed E-state index contributed by atoms with van der Waals surface area (Å²) in [6, 6.07) is 17.3. The Balaban J connectivity index is 1.73. The first-order valence-corrected chi connectivity index (χ1v) is 8.58. The normalized spacial score (nSPS) is 20.1. The van der Waals surface area contributed by atoms with Crippen LogP contribution >= 0.6 is 0 Å². The fourth-order valence-electron chi connectivity index (χ4n) is 2.82. The number of benzene rings is 2. The number of Topliss-reactive ketones (excluding diaryl/α,β-unsaturated/α-hetero) is 1. The van der Waals surface area contributed by atoms with Crippen LogP contribution in [0, 0.1) is 0 Å². The van der Waals surface area contributed by atoms with Gasteiger partial charge in [0.1, 0.15) is 0 Å². The van der Waals surface area contributed by atoms with Crippen LogP contribution in [-0.4, -0.2) is 17.5 Å². The Morgan fingerprint density at radius 1 is 1.08 bits per heavy atom. The van der Waals surface area contributed by atoms with Gasteiger partial charge in [-0.05, 0) is 32.8 Å². The third-order valence-corrected chi connectivity index (χ3v) is 3.97. The van der Waals surface area contributed by atoms with Gasteiger partial charge in [0.2, 0.25) is 6.29 Å². The van der Waals surface area contributed by atoms with Gasteiger partial charge in [-0.25, -0.2) is 4.89 Å². The molecule has 0 N–H and O–H groups in total. The van der Waals surface area contributed by atoms with Crippen molar-refractivity contribution in [3.05, 3.63) is 71.3 Å². The first kappa shape index (κ1) is 17.8. The second-order valence-corrected chi connectivity index (χ2v) is 7.28. The first-order valence-electron chi connectivity index (χ1n) is 8.58. The van der Waals surface area contributed by atoms with Gasteiger partial charge in [0.05, 0.1) is 11.7 Å². The predicted octanol–water partition coefficient (Wildman–Crippen LogP) is 4.65. The number of carbonyl (C=O) groups is 1. The monoisotopic (exact) mass is 340 g/mol. The second-order valence-electron chi connectivity index (χ2n) is 7.28. The fraction of sp³-hybridized carbons (Fsp3) is 0.381. The molecule has 1 aliphatic rings. The molecule has 0 saturated carbocycles. The highest BCUT2D eigenvalue weighted by atomic mass is 17.2. The minimum atomic E-state index is -0.627. The van der Waals surface area contributed by atoms with E-state index in [0.717, 1.165) is 11.1 Å². The van der Waals surface area contributed by atoms with E-state index in [2.05, 4.69) is 0 Å². The van der Waals surface area contributed by atoms with Crippen LogP contribution in [0.3, 0.4) is 0 Å². The summed E-state index contributed by atoms with van der Waals surface area (Å²) in [4.78, 5) is 23.5. The lowest BCUT2D eigenvalue weighted by Crippen LogP contribution is -2.31. The average molecular weight is 340 g/mol. The van der Waals surface area contributed by atoms with E-state index in [1.165, 1.54) is 0 Å². The van der Waals surface area contributed by atoms with Gasteiger partial charge >= 0.3 is 0 Å². The summed E-state index contributed by atoms with van der Waals surface area (Å²) >= 11 is 0. The van der Waals surface area contributed by atoms with Crippen LogP contribution in [0.4, 0.5) is 0 Å². The molecule has 1 heterocycles. The summed E-state index contributed by atoms with van der Waals surface area (Å²) < 4.78 is 6.03. The Morgan fingerprint density at radius 3 is 2.48 bits per heavy atom. The lowest BCUT2D eigenvalue weighted by atomic mass is 9.94. The standard InChI is InChI=1S/C21H24O4/c1-21(2,3)25-24-20-18-12-8-7-11-16(18)13-17(23-20)14-19(22)15-9-5-4-6-10-15/h4-12,17,20H,13-14H2,1-3H3/t17-,20+/m0/s1. The van der Waals surface area contributed by atoms with Crippen LogP contribution in [0.5, 0.6) is 0 Å². The summed E-state index contributed by atoms with van der Waals surface area (Å²) in [6.07, 6.45) is 0.131. The Hall–Kier alpha value is -2.01. The van der Waals surface area contributed by atoms with Gasteiger partial charge < -0.3 is 4.74 Å². The molecule has 2 aromatic rings. The molecule has 3 rings (SSSR count). The van der Waals surface area contributed by atoms with Gasteiger partial charge in [-0.3, -0.25) is 4.79 Å². The van der Waals surface area contributed by atoms with E-state index >= 15 is 0 Å². The molecule has 0 bridgehead atoms. The van der Waals surface area contributed by atoms with Crippen molar-refractivity contribution in [2.75, 3.05) is 0 Å². The van der Waals surface area contributed by atoms with Crippen LogP contribution in [0.25, 0.3) is 0 Å². The maximum absolute atomic E-state index is 12.5. The van der Waals surface area contributed by atoms with Crippen LogP contribution in [0.1, 0.15) is 55.0 Å². The van der Waals surface area contributed by atoms with Crippen molar-refractivity contribution in [2.24, 2.45) is 0 Å². The lowest BCUT2D eigenvalue weighted by Gasteiger charge is -2.32. The molecule has 25 heavy (non-hydrogen) atoms. The number of hydrogen-bond donors (Lipinski definition) is 0. The van der Waals surface area contributed by atoms with E-state index in [0.29, 0.717) is 18.4 Å². The Kier molecular flexibility index (Phi) is 5.33. The zero-order valence-corrected chi connectivity index (χ0v) is 14.9. The largest absolute Gasteiger partial charge is 0.342 e. The SMILES string of the molecule is CC(C)(C)OO[C@H]1O[C@H](CC(=O)c2ccccc2)Cc2ccccc21. The van der Waals surface area contributed by atoms with Crippen LogP contribution in [0.2, 0.25) is 0 Å². The molecule has 0 aliphatic carbocycles. The number of carbonyl (C=O) groups excluding carboxylic acids is 1. The van der Waals surface area contributed by atoms with E-state index in [1.54, 1.807) is 0 Å². The molecule has 1 aliphatic heterocycles. The van der Waals surface area contributed by atoms with Gasteiger partial charge in [0.15, 0.2) is 5.78 Å². The van der Waals surface area contributed by atoms with Gasteiger partial charge in [-0.2, -0.15) is 4.89 Å². The minimum absolute atomic E-state index is 0.0699. The van der Waals surface area contributed by atoms with Crippen molar-refractivity contribution in [3.63, 3.8) is 0 Å². The minimum Gasteiger partial charge on any atom is -0.342 e.